The summed E-state index contributed by atoms with van der Waals surface area (Å²) in [6, 6.07) is 5.32. The van der Waals surface area contributed by atoms with E-state index in [-0.39, 0.29) is 29.7 Å². The number of esters is 1. The summed E-state index contributed by atoms with van der Waals surface area (Å²) in [6.07, 6.45) is 4.00. The van der Waals surface area contributed by atoms with Crippen LogP contribution in [0, 0.1) is 5.92 Å². The summed E-state index contributed by atoms with van der Waals surface area (Å²) in [5.74, 6) is 0.275. The van der Waals surface area contributed by atoms with Crippen LogP contribution in [0.15, 0.2) is 18.2 Å². The van der Waals surface area contributed by atoms with Crippen molar-refractivity contribution in [3.63, 3.8) is 0 Å². The number of carbonyl (C=O) groups excluding carboxylic acids is 1. The van der Waals surface area contributed by atoms with Crippen LogP contribution >= 0.6 is 0 Å². The summed E-state index contributed by atoms with van der Waals surface area (Å²) < 4.78 is 4.94. The van der Waals surface area contributed by atoms with E-state index in [1.165, 1.54) is 12.7 Å². The number of ether oxygens (including phenoxy) is 1. The number of methoxy groups -OCH3 is 1. The fourth-order valence-electron chi connectivity index (χ4n) is 3.00. The molecule has 0 aliphatic heterocycles. The summed E-state index contributed by atoms with van der Waals surface area (Å²) in [5, 5.41) is 13.2. The fourth-order valence-corrected chi connectivity index (χ4v) is 3.00. The van der Waals surface area contributed by atoms with E-state index in [9.17, 15) is 9.90 Å². The van der Waals surface area contributed by atoms with Gasteiger partial charge in [0.05, 0.1) is 7.11 Å². The van der Waals surface area contributed by atoms with Crippen LogP contribution in [0.25, 0.3) is 0 Å². The minimum absolute atomic E-state index is 0.0962. The Bertz CT molecular complexity index is 501. The first-order chi connectivity index (χ1) is 10.1. The lowest BCUT2D eigenvalue weighted by atomic mass is 9.86. The SMILES string of the molecule is CCC(C)C(NC1CCCc2ccc(O)cc21)C(=O)OC. The molecule has 1 aliphatic rings. The molecule has 0 aromatic heterocycles. The Morgan fingerprint density at radius 3 is 2.95 bits per heavy atom. The molecule has 0 amide bonds. The van der Waals surface area contributed by atoms with Crippen LogP contribution in [-0.4, -0.2) is 24.2 Å². The number of phenolic OH excluding ortho intramolecular Hbond substituents is 1. The van der Waals surface area contributed by atoms with Gasteiger partial charge in [-0.15, -0.1) is 0 Å². The Kier molecular flexibility index (Phi) is 5.23. The summed E-state index contributed by atoms with van der Waals surface area (Å²) in [4.78, 5) is 12.0. The number of hydrogen-bond acceptors (Lipinski definition) is 4. The molecule has 0 radical (unpaired) electrons. The van der Waals surface area contributed by atoms with Crippen molar-refractivity contribution >= 4 is 5.97 Å². The molecule has 0 heterocycles. The predicted octanol–water partition coefficient (Wildman–Crippen LogP) is 2.95. The highest BCUT2D eigenvalue weighted by molar-refractivity contribution is 5.76. The monoisotopic (exact) mass is 291 g/mol. The van der Waals surface area contributed by atoms with E-state index in [2.05, 4.69) is 19.2 Å². The first-order valence-corrected chi connectivity index (χ1v) is 7.72. The third kappa shape index (κ3) is 3.56. The van der Waals surface area contributed by atoms with Gasteiger partial charge in [0, 0.05) is 6.04 Å². The maximum atomic E-state index is 12.0. The first-order valence-electron chi connectivity index (χ1n) is 7.72. The van der Waals surface area contributed by atoms with Gasteiger partial charge in [-0.05, 0) is 48.4 Å². The number of benzene rings is 1. The van der Waals surface area contributed by atoms with E-state index in [1.807, 2.05) is 12.1 Å². The van der Waals surface area contributed by atoms with Gasteiger partial charge in [-0.1, -0.05) is 26.3 Å². The standard InChI is InChI=1S/C17H25NO3/c1-4-11(2)16(17(20)21-3)18-15-7-5-6-12-8-9-13(19)10-14(12)15/h8-11,15-16,18-19H,4-7H2,1-3H3. The number of rotatable bonds is 5. The quantitative estimate of drug-likeness (QED) is 0.819. The molecule has 0 spiro atoms. The molecule has 4 heteroatoms. The Balaban J connectivity index is 2.22. The lowest BCUT2D eigenvalue weighted by Gasteiger charge is -2.31. The highest BCUT2D eigenvalue weighted by Gasteiger charge is 2.30. The van der Waals surface area contributed by atoms with Gasteiger partial charge in [0.2, 0.25) is 0 Å². The van der Waals surface area contributed by atoms with Gasteiger partial charge in [-0.2, -0.15) is 0 Å². The highest BCUT2D eigenvalue weighted by Crippen LogP contribution is 2.33. The Hall–Kier alpha value is -1.55. The first kappa shape index (κ1) is 15.8. The summed E-state index contributed by atoms with van der Waals surface area (Å²) in [5.41, 5.74) is 2.36. The van der Waals surface area contributed by atoms with Crippen molar-refractivity contribution in [3.8, 4) is 5.75 Å². The van der Waals surface area contributed by atoms with Crippen LogP contribution in [0.2, 0.25) is 0 Å². The second-order valence-electron chi connectivity index (χ2n) is 5.88. The van der Waals surface area contributed by atoms with Gasteiger partial charge in [-0.3, -0.25) is 10.1 Å². The van der Waals surface area contributed by atoms with Crippen LogP contribution in [0.1, 0.15) is 50.3 Å². The molecule has 1 aromatic carbocycles. The lowest BCUT2D eigenvalue weighted by molar-refractivity contribution is -0.144. The number of fused-ring (bicyclic) bond motifs is 1. The van der Waals surface area contributed by atoms with Crippen molar-refractivity contribution in [3.05, 3.63) is 29.3 Å². The van der Waals surface area contributed by atoms with E-state index < -0.39 is 0 Å². The van der Waals surface area contributed by atoms with E-state index in [1.54, 1.807) is 6.07 Å². The van der Waals surface area contributed by atoms with E-state index in [4.69, 9.17) is 4.74 Å². The van der Waals surface area contributed by atoms with Crippen molar-refractivity contribution in [1.82, 2.24) is 5.32 Å². The Morgan fingerprint density at radius 1 is 1.52 bits per heavy atom. The molecule has 3 atom stereocenters. The maximum absolute atomic E-state index is 12.0. The molecule has 1 aliphatic carbocycles. The van der Waals surface area contributed by atoms with Crippen molar-refractivity contribution in [1.29, 1.82) is 0 Å². The predicted molar refractivity (Wildman–Crippen MR) is 82.2 cm³/mol. The van der Waals surface area contributed by atoms with Gasteiger partial charge in [0.25, 0.3) is 0 Å². The molecule has 2 rings (SSSR count). The van der Waals surface area contributed by atoms with Crippen molar-refractivity contribution in [2.45, 2.75) is 51.6 Å². The van der Waals surface area contributed by atoms with Gasteiger partial charge in [0.15, 0.2) is 0 Å². The summed E-state index contributed by atoms with van der Waals surface area (Å²) >= 11 is 0. The van der Waals surface area contributed by atoms with Crippen LogP contribution < -0.4 is 5.32 Å². The number of nitrogens with one attached hydrogen (secondary N) is 1. The Morgan fingerprint density at radius 2 is 2.29 bits per heavy atom. The van der Waals surface area contributed by atoms with Crippen LogP contribution in [-0.2, 0) is 16.0 Å². The highest BCUT2D eigenvalue weighted by atomic mass is 16.5. The van der Waals surface area contributed by atoms with Crippen molar-refractivity contribution in [2.24, 2.45) is 5.92 Å². The molecule has 116 valence electrons. The molecule has 1 aromatic rings. The van der Waals surface area contributed by atoms with E-state index in [0.29, 0.717) is 0 Å². The molecular weight excluding hydrogens is 266 g/mol. The normalized spacial score (nSPS) is 20.4. The van der Waals surface area contributed by atoms with Gasteiger partial charge in [0.1, 0.15) is 11.8 Å². The third-order valence-electron chi connectivity index (χ3n) is 4.49. The smallest absolute Gasteiger partial charge is 0.323 e. The molecule has 2 N–H and O–H groups in total. The van der Waals surface area contributed by atoms with Gasteiger partial charge < -0.3 is 9.84 Å². The molecule has 0 bridgehead atoms. The second-order valence-corrected chi connectivity index (χ2v) is 5.88. The van der Waals surface area contributed by atoms with Gasteiger partial charge in [-0.25, -0.2) is 0 Å². The maximum Gasteiger partial charge on any atom is 0.323 e. The van der Waals surface area contributed by atoms with Crippen molar-refractivity contribution in [2.75, 3.05) is 7.11 Å². The number of phenols is 1. The number of hydrogen-bond donors (Lipinski definition) is 2. The second kappa shape index (κ2) is 6.94. The average Bonchev–Trinajstić information content (AvgIpc) is 2.51. The minimum atomic E-state index is -0.307. The molecule has 0 saturated carbocycles. The molecule has 0 fully saturated rings. The van der Waals surface area contributed by atoms with Crippen molar-refractivity contribution < 1.29 is 14.6 Å². The van der Waals surface area contributed by atoms with E-state index >= 15 is 0 Å². The van der Waals surface area contributed by atoms with Crippen LogP contribution in [0.5, 0.6) is 5.75 Å². The van der Waals surface area contributed by atoms with E-state index in [0.717, 1.165) is 31.2 Å². The fraction of sp³-hybridized carbons (Fsp3) is 0.588. The zero-order valence-electron chi connectivity index (χ0n) is 13.1. The lowest BCUT2D eigenvalue weighted by Crippen LogP contribution is -2.45. The average molecular weight is 291 g/mol. The zero-order chi connectivity index (χ0) is 15.4. The van der Waals surface area contributed by atoms with Crippen LogP contribution in [0.4, 0.5) is 0 Å². The molecule has 4 nitrogen and oxygen atoms in total. The molecule has 3 unspecified atom stereocenters. The molecular formula is C17H25NO3. The number of aryl methyl sites for hydroxylation is 1. The number of carbonyl (C=O) groups is 1. The molecule has 21 heavy (non-hydrogen) atoms. The summed E-state index contributed by atoms with van der Waals surface area (Å²) in [6.45, 7) is 4.13. The third-order valence-corrected chi connectivity index (χ3v) is 4.49. The topological polar surface area (TPSA) is 58.6 Å². The zero-order valence-corrected chi connectivity index (χ0v) is 13.1. The molecule has 0 saturated heterocycles. The minimum Gasteiger partial charge on any atom is -0.508 e. The number of aromatic hydroxyl groups is 1. The Labute approximate surface area is 126 Å². The summed E-state index contributed by atoms with van der Waals surface area (Å²) in [7, 11) is 1.43. The largest absolute Gasteiger partial charge is 0.508 e. The van der Waals surface area contributed by atoms with Gasteiger partial charge >= 0.3 is 5.97 Å². The van der Waals surface area contributed by atoms with Crippen LogP contribution in [0.3, 0.4) is 0 Å².